The molecule has 9 heteroatoms. The number of hydrogen-bond acceptors (Lipinski definition) is 6. The second-order valence-electron chi connectivity index (χ2n) is 6.13. The molecule has 0 saturated carbocycles. The van der Waals surface area contributed by atoms with E-state index in [-0.39, 0.29) is 24.8 Å². The van der Waals surface area contributed by atoms with Crippen LogP contribution in [-0.4, -0.2) is 79.9 Å². The van der Waals surface area contributed by atoms with Gasteiger partial charge in [-0.2, -0.15) is 0 Å². The Kier molecular flexibility index (Phi) is 7.26. The number of hydrogen-bond donors (Lipinski definition) is 2. The molecule has 0 bridgehead atoms. The lowest BCUT2D eigenvalue weighted by atomic mass is 10.00. The largest absolute Gasteiger partial charge is 0.463 e. The summed E-state index contributed by atoms with van der Waals surface area (Å²) < 4.78 is 10.2. The number of nitrogens with zero attached hydrogens (tertiary/aromatic N) is 2. The van der Waals surface area contributed by atoms with Crippen molar-refractivity contribution < 1.29 is 23.9 Å². The molecule has 146 valence electrons. The monoisotopic (exact) mass is 368 g/mol. The van der Waals surface area contributed by atoms with Crippen LogP contribution in [0, 0.1) is 0 Å². The maximum absolute atomic E-state index is 12.4. The smallest absolute Gasteiger partial charge is 0.409 e. The van der Waals surface area contributed by atoms with E-state index in [4.69, 9.17) is 9.47 Å². The van der Waals surface area contributed by atoms with Crippen LogP contribution in [0.2, 0.25) is 0 Å². The van der Waals surface area contributed by atoms with Crippen molar-refractivity contribution >= 4 is 18.1 Å². The van der Waals surface area contributed by atoms with E-state index in [1.165, 1.54) is 0 Å². The number of piperazine rings is 1. The van der Waals surface area contributed by atoms with Gasteiger partial charge in [-0.1, -0.05) is 6.92 Å². The van der Waals surface area contributed by atoms with Crippen LogP contribution in [0.25, 0.3) is 0 Å². The standard InChI is InChI=1S/C17H28N4O5/c1-4-12-14(15(22)25-5-2)13(19-16(23)18-12)11-20-7-9-21(10-8-20)17(24)26-6-3/h12H,4-11H2,1-3H3,(H2,18,19,23)/t12-/m0/s1. The predicted octanol–water partition coefficient (Wildman–Crippen LogP) is 0.669. The first-order valence-corrected chi connectivity index (χ1v) is 9.11. The summed E-state index contributed by atoms with van der Waals surface area (Å²) in [5.74, 6) is -0.410. The molecule has 2 aliphatic rings. The normalized spacial score (nSPS) is 21.1. The Balaban J connectivity index is 2.08. The molecule has 2 N–H and O–H groups in total. The lowest BCUT2D eigenvalue weighted by molar-refractivity contribution is -0.139. The summed E-state index contributed by atoms with van der Waals surface area (Å²) in [5, 5.41) is 5.52. The van der Waals surface area contributed by atoms with Crippen LogP contribution < -0.4 is 10.6 Å². The first-order valence-electron chi connectivity index (χ1n) is 9.11. The zero-order valence-electron chi connectivity index (χ0n) is 15.7. The van der Waals surface area contributed by atoms with Crippen LogP contribution in [0.1, 0.15) is 27.2 Å². The molecule has 3 amide bonds. The molecule has 2 heterocycles. The lowest BCUT2D eigenvalue weighted by Gasteiger charge is -2.36. The third kappa shape index (κ3) is 4.87. The predicted molar refractivity (Wildman–Crippen MR) is 94.4 cm³/mol. The van der Waals surface area contributed by atoms with E-state index in [2.05, 4.69) is 15.5 Å². The molecule has 26 heavy (non-hydrogen) atoms. The van der Waals surface area contributed by atoms with Crippen LogP contribution in [0.5, 0.6) is 0 Å². The van der Waals surface area contributed by atoms with Crippen molar-refractivity contribution in [3.05, 3.63) is 11.3 Å². The maximum atomic E-state index is 12.4. The van der Waals surface area contributed by atoms with E-state index in [9.17, 15) is 14.4 Å². The molecule has 0 radical (unpaired) electrons. The minimum atomic E-state index is -0.410. The zero-order chi connectivity index (χ0) is 19.1. The SMILES string of the molecule is CCOC(=O)C1=C(CN2CCN(C(=O)OCC)CC2)NC(=O)N[C@H]1CC. The summed E-state index contributed by atoms with van der Waals surface area (Å²) in [7, 11) is 0. The molecule has 2 rings (SSSR count). The van der Waals surface area contributed by atoms with E-state index in [0.717, 1.165) is 0 Å². The second kappa shape index (κ2) is 9.42. The van der Waals surface area contributed by atoms with Crippen molar-refractivity contribution in [2.75, 3.05) is 45.9 Å². The van der Waals surface area contributed by atoms with Crippen molar-refractivity contribution in [1.82, 2.24) is 20.4 Å². The Morgan fingerprint density at radius 2 is 1.73 bits per heavy atom. The Morgan fingerprint density at radius 1 is 1.08 bits per heavy atom. The minimum Gasteiger partial charge on any atom is -0.463 e. The van der Waals surface area contributed by atoms with E-state index in [1.807, 2.05) is 6.92 Å². The van der Waals surface area contributed by atoms with Crippen molar-refractivity contribution in [2.45, 2.75) is 33.2 Å². The van der Waals surface area contributed by atoms with Crippen molar-refractivity contribution in [3.63, 3.8) is 0 Å². The van der Waals surface area contributed by atoms with Gasteiger partial charge in [-0.15, -0.1) is 0 Å². The molecule has 2 aliphatic heterocycles. The number of esters is 1. The molecular weight excluding hydrogens is 340 g/mol. The summed E-state index contributed by atoms with van der Waals surface area (Å²) in [6.45, 7) is 8.86. The van der Waals surface area contributed by atoms with E-state index < -0.39 is 5.97 Å². The molecular formula is C17H28N4O5. The molecule has 0 aromatic heterocycles. The van der Waals surface area contributed by atoms with Crippen LogP contribution in [0.15, 0.2) is 11.3 Å². The van der Waals surface area contributed by atoms with Gasteiger partial charge in [0.1, 0.15) is 0 Å². The molecule has 0 aromatic carbocycles. The first-order chi connectivity index (χ1) is 12.5. The van der Waals surface area contributed by atoms with E-state index in [1.54, 1.807) is 18.7 Å². The highest BCUT2D eigenvalue weighted by Crippen LogP contribution is 2.18. The molecule has 1 fully saturated rings. The van der Waals surface area contributed by atoms with E-state index >= 15 is 0 Å². The van der Waals surface area contributed by atoms with Gasteiger partial charge in [0.15, 0.2) is 0 Å². The molecule has 0 aromatic rings. The van der Waals surface area contributed by atoms with Gasteiger partial charge in [-0.25, -0.2) is 14.4 Å². The van der Waals surface area contributed by atoms with Crippen LogP contribution >= 0.6 is 0 Å². The van der Waals surface area contributed by atoms with Gasteiger partial charge in [0.2, 0.25) is 0 Å². The average Bonchev–Trinajstić information content (AvgIpc) is 2.62. The fourth-order valence-electron chi connectivity index (χ4n) is 3.11. The zero-order valence-corrected chi connectivity index (χ0v) is 15.7. The summed E-state index contributed by atoms with van der Waals surface area (Å²) in [5.41, 5.74) is 1.05. The Morgan fingerprint density at radius 3 is 2.31 bits per heavy atom. The van der Waals surface area contributed by atoms with E-state index in [0.29, 0.717) is 57.0 Å². The average molecular weight is 368 g/mol. The number of carbonyl (C=O) groups is 3. The van der Waals surface area contributed by atoms with Gasteiger partial charge in [-0.3, -0.25) is 4.90 Å². The second-order valence-corrected chi connectivity index (χ2v) is 6.13. The Labute approximate surface area is 153 Å². The first kappa shape index (κ1) is 20.0. The lowest BCUT2D eigenvalue weighted by Crippen LogP contribution is -2.54. The van der Waals surface area contributed by atoms with Gasteiger partial charge in [-0.05, 0) is 20.3 Å². The third-order valence-electron chi connectivity index (χ3n) is 4.43. The summed E-state index contributed by atoms with van der Waals surface area (Å²) in [6.07, 6.45) is 0.293. The molecule has 1 saturated heterocycles. The number of ether oxygens (including phenoxy) is 2. The van der Waals surface area contributed by atoms with Gasteiger partial charge in [0.25, 0.3) is 0 Å². The van der Waals surface area contributed by atoms with Gasteiger partial charge in [0, 0.05) is 38.4 Å². The van der Waals surface area contributed by atoms with Crippen LogP contribution in [0.4, 0.5) is 9.59 Å². The number of nitrogens with one attached hydrogen (secondary N) is 2. The number of carbonyl (C=O) groups excluding carboxylic acids is 3. The summed E-state index contributed by atoms with van der Waals surface area (Å²) in [4.78, 5) is 39.9. The van der Waals surface area contributed by atoms with Gasteiger partial charge < -0.3 is 25.0 Å². The summed E-state index contributed by atoms with van der Waals surface area (Å²) in [6, 6.07) is -0.677. The highest BCUT2D eigenvalue weighted by molar-refractivity contribution is 5.94. The Bertz CT molecular complexity index is 570. The van der Waals surface area contributed by atoms with Crippen LogP contribution in [0.3, 0.4) is 0 Å². The highest BCUT2D eigenvalue weighted by atomic mass is 16.6. The minimum absolute atomic E-state index is 0.276. The molecule has 9 nitrogen and oxygen atoms in total. The van der Waals surface area contributed by atoms with Crippen molar-refractivity contribution in [1.29, 1.82) is 0 Å². The van der Waals surface area contributed by atoms with Crippen LogP contribution in [-0.2, 0) is 14.3 Å². The molecule has 1 atom stereocenters. The Hall–Kier alpha value is -2.29. The molecule has 0 spiro atoms. The number of amides is 3. The van der Waals surface area contributed by atoms with Crippen molar-refractivity contribution in [3.8, 4) is 0 Å². The van der Waals surface area contributed by atoms with Gasteiger partial charge >= 0.3 is 18.1 Å². The number of urea groups is 1. The third-order valence-corrected chi connectivity index (χ3v) is 4.43. The maximum Gasteiger partial charge on any atom is 0.409 e. The number of rotatable bonds is 6. The van der Waals surface area contributed by atoms with Crippen molar-refractivity contribution in [2.24, 2.45) is 0 Å². The molecule has 0 unspecified atom stereocenters. The summed E-state index contributed by atoms with van der Waals surface area (Å²) >= 11 is 0. The topological polar surface area (TPSA) is 100 Å². The molecule has 0 aliphatic carbocycles. The fourth-order valence-corrected chi connectivity index (χ4v) is 3.11. The fraction of sp³-hybridized carbons (Fsp3) is 0.706. The quantitative estimate of drug-likeness (QED) is 0.669. The van der Waals surface area contributed by atoms with Gasteiger partial charge in [0.05, 0.1) is 24.8 Å². The highest BCUT2D eigenvalue weighted by Gasteiger charge is 2.33.